The summed E-state index contributed by atoms with van der Waals surface area (Å²) < 4.78 is 0. The third kappa shape index (κ3) is 4.77. The Labute approximate surface area is 171 Å². The maximum absolute atomic E-state index is 13.3. The zero-order chi connectivity index (χ0) is 21.0. The van der Waals surface area contributed by atoms with Crippen molar-refractivity contribution in [3.05, 3.63) is 89.0 Å². The predicted octanol–water partition coefficient (Wildman–Crippen LogP) is 4.34. The topological polar surface area (TPSA) is 54.5 Å². The predicted molar refractivity (Wildman–Crippen MR) is 115 cm³/mol. The minimum absolute atomic E-state index is 0.0664. The zero-order valence-electron chi connectivity index (χ0n) is 17.0. The van der Waals surface area contributed by atoms with Gasteiger partial charge in [-0.15, -0.1) is 0 Å². The molecule has 1 unspecified atom stereocenters. The first kappa shape index (κ1) is 20.5. The number of anilines is 1. The summed E-state index contributed by atoms with van der Waals surface area (Å²) in [6.07, 6.45) is 5.17. The SMILES string of the molecule is CC(=O)Cc1ccc(C(=O)C2=CC=CC(=O)C2C)c(N(C)Cc2ccccc2)c1. The van der Waals surface area contributed by atoms with E-state index in [0.717, 1.165) is 16.8 Å². The number of hydrogen-bond donors (Lipinski definition) is 0. The Hall–Kier alpha value is -3.27. The van der Waals surface area contributed by atoms with E-state index in [0.29, 0.717) is 24.1 Å². The van der Waals surface area contributed by atoms with E-state index < -0.39 is 5.92 Å². The van der Waals surface area contributed by atoms with Crippen molar-refractivity contribution in [1.29, 1.82) is 0 Å². The molecule has 0 aliphatic heterocycles. The van der Waals surface area contributed by atoms with Gasteiger partial charge in [-0.3, -0.25) is 14.4 Å². The van der Waals surface area contributed by atoms with E-state index in [1.165, 1.54) is 6.08 Å². The summed E-state index contributed by atoms with van der Waals surface area (Å²) in [5.74, 6) is -0.612. The van der Waals surface area contributed by atoms with E-state index >= 15 is 0 Å². The van der Waals surface area contributed by atoms with Crippen LogP contribution in [0.1, 0.15) is 35.3 Å². The van der Waals surface area contributed by atoms with Crippen molar-refractivity contribution in [2.75, 3.05) is 11.9 Å². The summed E-state index contributed by atoms with van der Waals surface area (Å²) in [4.78, 5) is 39.0. The minimum Gasteiger partial charge on any atom is -0.370 e. The highest BCUT2D eigenvalue weighted by molar-refractivity contribution is 6.16. The zero-order valence-corrected chi connectivity index (χ0v) is 17.0. The molecule has 0 heterocycles. The van der Waals surface area contributed by atoms with Gasteiger partial charge in [0.15, 0.2) is 11.6 Å². The largest absolute Gasteiger partial charge is 0.370 e. The van der Waals surface area contributed by atoms with Crippen LogP contribution in [0.5, 0.6) is 0 Å². The maximum Gasteiger partial charge on any atom is 0.191 e. The summed E-state index contributed by atoms with van der Waals surface area (Å²) in [5, 5.41) is 0. The molecule has 4 heteroatoms. The van der Waals surface area contributed by atoms with Gasteiger partial charge in [0.1, 0.15) is 5.78 Å². The van der Waals surface area contributed by atoms with E-state index in [1.807, 2.05) is 54.4 Å². The van der Waals surface area contributed by atoms with Crippen LogP contribution in [0.2, 0.25) is 0 Å². The first-order valence-electron chi connectivity index (χ1n) is 9.71. The van der Waals surface area contributed by atoms with E-state index in [-0.39, 0.29) is 17.3 Å². The van der Waals surface area contributed by atoms with Gasteiger partial charge in [-0.25, -0.2) is 0 Å². The van der Waals surface area contributed by atoms with Crippen LogP contribution < -0.4 is 4.90 Å². The van der Waals surface area contributed by atoms with Crippen LogP contribution in [0.4, 0.5) is 5.69 Å². The lowest BCUT2D eigenvalue weighted by Crippen LogP contribution is -2.24. The molecule has 0 bridgehead atoms. The molecule has 148 valence electrons. The highest BCUT2D eigenvalue weighted by Gasteiger charge is 2.27. The van der Waals surface area contributed by atoms with Gasteiger partial charge >= 0.3 is 0 Å². The average molecular weight is 387 g/mol. The monoisotopic (exact) mass is 387 g/mol. The van der Waals surface area contributed by atoms with Crippen LogP contribution in [0.15, 0.2) is 72.3 Å². The first-order chi connectivity index (χ1) is 13.9. The number of carbonyl (C=O) groups excluding carboxylic acids is 3. The molecule has 29 heavy (non-hydrogen) atoms. The fourth-order valence-corrected chi connectivity index (χ4v) is 3.54. The minimum atomic E-state index is -0.461. The van der Waals surface area contributed by atoms with Crippen LogP contribution in [0.25, 0.3) is 0 Å². The number of benzene rings is 2. The Kier molecular flexibility index (Phi) is 6.23. The number of carbonyl (C=O) groups is 3. The highest BCUT2D eigenvalue weighted by atomic mass is 16.1. The van der Waals surface area contributed by atoms with Crippen molar-refractivity contribution in [2.45, 2.75) is 26.8 Å². The number of allylic oxidation sites excluding steroid dienone is 4. The fourth-order valence-electron chi connectivity index (χ4n) is 3.54. The number of hydrogen-bond acceptors (Lipinski definition) is 4. The third-order valence-electron chi connectivity index (χ3n) is 5.13. The molecule has 4 nitrogen and oxygen atoms in total. The Morgan fingerprint density at radius 2 is 1.76 bits per heavy atom. The molecular formula is C25H25NO3. The molecular weight excluding hydrogens is 362 g/mol. The molecule has 0 spiro atoms. The van der Waals surface area contributed by atoms with E-state index in [4.69, 9.17) is 0 Å². The van der Waals surface area contributed by atoms with Gasteiger partial charge in [-0.05, 0) is 36.3 Å². The molecule has 0 saturated carbocycles. The van der Waals surface area contributed by atoms with E-state index in [9.17, 15) is 14.4 Å². The van der Waals surface area contributed by atoms with Gasteiger partial charge in [0, 0.05) is 42.8 Å². The van der Waals surface area contributed by atoms with Crippen molar-refractivity contribution < 1.29 is 14.4 Å². The van der Waals surface area contributed by atoms with Crippen molar-refractivity contribution in [1.82, 2.24) is 0 Å². The van der Waals surface area contributed by atoms with Crippen LogP contribution in [-0.4, -0.2) is 24.4 Å². The normalized spacial score (nSPS) is 15.8. The smallest absolute Gasteiger partial charge is 0.191 e. The molecule has 0 aromatic heterocycles. The molecule has 0 N–H and O–H groups in total. The third-order valence-corrected chi connectivity index (χ3v) is 5.13. The Morgan fingerprint density at radius 1 is 1.03 bits per heavy atom. The van der Waals surface area contributed by atoms with Crippen LogP contribution in [0.3, 0.4) is 0 Å². The summed E-state index contributed by atoms with van der Waals surface area (Å²) >= 11 is 0. The molecule has 3 rings (SSSR count). The number of ketones is 3. The van der Waals surface area contributed by atoms with Crippen molar-refractivity contribution in [3.8, 4) is 0 Å². The Bertz CT molecular complexity index is 1000. The van der Waals surface area contributed by atoms with Crippen LogP contribution >= 0.6 is 0 Å². The molecule has 1 atom stereocenters. The summed E-state index contributed by atoms with van der Waals surface area (Å²) in [7, 11) is 1.93. The average Bonchev–Trinajstić information content (AvgIpc) is 2.70. The van der Waals surface area contributed by atoms with Crippen LogP contribution in [0, 0.1) is 5.92 Å². The molecule has 1 aliphatic rings. The van der Waals surface area contributed by atoms with Crippen molar-refractivity contribution >= 4 is 23.0 Å². The fraction of sp³-hybridized carbons (Fsp3) is 0.240. The van der Waals surface area contributed by atoms with Gasteiger partial charge in [-0.2, -0.15) is 0 Å². The van der Waals surface area contributed by atoms with E-state index in [1.54, 1.807) is 32.1 Å². The lowest BCUT2D eigenvalue weighted by Gasteiger charge is -2.24. The molecule has 2 aromatic rings. The summed E-state index contributed by atoms with van der Waals surface area (Å²) in [6.45, 7) is 3.93. The first-order valence-corrected chi connectivity index (χ1v) is 9.71. The second-order valence-electron chi connectivity index (χ2n) is 7.51. The van der Waals surface area contributed by atoms with Gasteiger partial charge in [-0.1, -0.05) is 55.5 Å². The van der Waals surface area contributed by atoms with Gasteiger partial charge < -0.3 is 4.90 Å². The molecule has 2 aromatic carbocycles. The molecule has 0 fully saturated rings. The van der Waals surface area contributed by atoms with Gasteiger partial charge in [0.25, 0.3) is 0 Å². The standard InChI is InChI=1S/C25H25NO3/c1-17(27)14-20-12-13-22(25(29)21-10-7-11-24(28)18(21)2)23(15-20)26(3)16-19-8-5-4-6-9-19/h4-13,15,18H,14,16H2,1-3H3. The number of Topliss-reactive ketones (excluding diaryl/α,β-unsaturated/α-hetero) is 2. The molecule has 0 saturated heterocycles. The van der Waals surface area contributed by atoms with Gasteiger partial charge in [0.2, 0.25) is 0 Å². The Morgan fingerprint density at radius 3 is 2.45 bits per heavy atom. The second-order valence-corrected chi connectivity index (χ2v) is 7.51. The number of rotatable bonds is 7. The maximum atomic E-state index is 13.3. The Balaban J connectivity index is 2.00. The van der Waals surface area contributed by atoms with E-state index in [2.05, 4.69) is 0 Å². The van der Waals surface area contributed by atoms with Crippen molar-refractivity contribution in [3.63, 3.8) is 0 Å². The summed E-state index contributed by atoms with van der Waals surface area (Å²) in [6, 6.07) is 15.5. The second kappa shape index (κ2) is 8.82. The molecule has 0 amide bonds. The van der Waals surface area contributed by atoms with Crippen molar-refractivity contribution in [2.24, 2.45) is 5.92 Å². The lowest BCUT2D eigenvalue weighted by molar-refractivity contribution is -0.117. The summed E-state index contributed by atoms with van der Waals surface area (Å²) in [5.41, 5.74) is 3.77. The lowest BCUT2D eigenvalue weighted by atomic mass is 9.86. The highest BCUT2D eigenvalue weighted by Crippen LogP contribution is 2.29. The van der Waals surface area contributed by atoms with Crippen LogP contribution in [-0.2, 0) is 22.6 Å². The molecule has 0 radical (unpaired) electrons. The molecule has 1 aliphatic carbocycles. The quantitative estimate of drug-likeness (QED) is 0.663. The van der Waals surface area contributed by atoms with Gasteiger partial charge in [0.05, 0.1) is 0 Å². The number of nitrogens with zero attached hydrogens (tertiary/aromatic N) is 1.